The first-order valence-electron chi connectivity index (χ1n) is 7.61. The van der Waals surface area contributed by atoms with Crippen LogP contribution in [0.15, 0.2) is 78.9 Å². The number of rotatable bonds is 4. The van der Waals surface area contributed by atoms with E-state index in [1.54, 1.807) is 6.07 Å². The molecule has 0 aliphatic heterocycles. The summed E-state index contributed by atoms with van der Waals surface area (Å²) in [5, 5.41) is 0. The van der Waals surface area contributed by atoms with Crippen molar-refractivity contribution >= 4 is 5.97 Å². The van der Waals surface area contributed by atoms with Crippen molar-refractivity contribution in [3.05, 3.63) is 95.6 Å². The van der Waals surface area contributed by atoms with E-state index in [1.807, 2.05) is 67.6 Å². The van der Waals surface area contributed by atoms with Gasteiger partial charge in [0.25, 0.3) is 0 Å². The van der Waals surface area contributed by atoms with E-state index in [4.69, 9.17) is 4.74 Å². The molecule has 0 radical (unpaired) electrons. The van der Waals surface area contributed by atoms with Gasteiger partial charge in [0.1, 0.15) is 6.61 Å². The van der Waals surface area contributed by atoms with Gasteiger partial charge in [-0.05, 0) is 35.2 Å². The normalized spacial score (nSPS) is 10.3. The Bertz CT molecular complexity index is 790. The number of esters is 1. The standard InChI is InChI=1S/C21H18O2/c1-16-7-5-6-10-20(16)21(22)23-15-17-11-13-19(14-12-17)18-8-3-2-4-9-18/h2-14H,15H2,1H3. The van der Waals surface area contributed by atoms with Crippen LogP contribution in [0.25, 0.3) is 11.1 Å². The minimum Gasteiger partial charge on any atom is -0.457 e. The number of hydrogen-bond acceptors (Lipinski definition) is 2. The quantitative estimate of drug-likeness (QED) is 0.633. The van der Waals surface area contributed by atoms with Crippen LogP contribution < -0.4 is 0 Å². The van der Waals surface area contributed by atoms with Gasteiger partial charge in [0, 0.05) is 0 Å². The monoisotopic (exact) mass is 302 g/mol. The van der Waals surface area contributed by atoms with Crippen LogP contribution in [0.5, 0.6) is 0 Å². The van der Waals surface area contributed by atoms with Crippen molar-refractivity contribution in [2.75, 3.05) is 0 Å². The minimum atomic E-state index is -0.282. The maximum Gasteiger partial charge on any atom is 0.338 e. The van der Waals surface area contributed by atoms with Gasteiger partial charge in [0.15, 0.2) is 0 Å². The predicted molar refractivity (Wildman–Crippen MR) is 92.2 cm³/mol. The SMILES string of the molecule is Cc1ccccc1C(=O)OCc1ccc(-c2ccccc2)cc1. The summed E-state index contributed by atoms with van der Waals surface area (Å²) >= 11 is 0. The fourth-order valence-electron chi connectivity index (χ4n) is 2.45. The summed E-state index contributed by atoms with van der Waals surface area (Å²) in [5.41, 5.74) is 4.85. The molecular weight excluding hydrogens is 284 g/mol. The van der Waals surface area contributed by atoms with Crippen molar-refractivity contribution in [2.45, 2.75) is 13.5 Å². The molecule has 2 nitrogen and oxygen atoms in total. The molecule has 0 fully saturated rings. The molecule has 23 heavy (non-hydrogen) atoms. The molecular formula is C21H18O2. The van der Waals surface area contributed by atoms with Gasteiger partial charge in [-0.2, -0.15) is 0 Å². The second kappa shape index (κ2) is 6.93. The third kappa shape index (κ3) is 3.67. The molecule has 3 aromatic rings. The highest BCUT2D eigenvalue weighted by Crippen LogP contribution is 2.19. The topological polar surface area (TPSA) is 26.3 Å². The molecule has 0 bridgehead atoms. The average Bonchev–Trinajstić information content (AvgIpc) is 2.61. The van der Waals surface area contributed by atoms with E-state index < -0.39 is 0 Å². The van der Waals surface area contributed by atoms with Crippen LogP contribution >= 0.6 is 0 Å². The van der Waals surface area contributed by atoms with Crippen molar-refractivity contribution in [3.63, 3.8) is 0 Å². The molecule has 0 aromatic heterocycles. The van der Waals surface area contributed by atoms with Gasteiger partial charge in [0.2, 0.25) is 0 Å². The van der Waals surface area contributed by atoms with Gasteiger partial charge in [-0.15, -0.1) is 0 Å². The smallest absolute Gasteiger partial charge is 0.338 e. The van der Waals surface area contributed by atoms with Crippen LogP contribution in [0.1, 0.15) is 21.5 Å². The Morgan fingerprint density at radius 2 is 1.39 bits per heavy atom. The lowest BCUT2D eigenvalue weighted by atomic mass is 10.0. The molecule has 0 atom stereocenters. The minimum absolute atomic E-state index is 0.280. The van der Waals surface area contributed by atoms with Crippen LogP contribution in [-0.2, 0) is 11.3 Å². The number of carbonyl (C=O) groups excluding carboxylic acids is 1. The Labute approximate surface area is 136 Å². The van der Waals surface area contributed by atoms with Gasteiger partial charge in [0.05, 0.1) is 5.56 Å². The van der Waals surface area contributed by atoms with Crippen LogP contribution in [-0.4, -0.2) is 5.97 Å². The number of hydrogen-bond donors (Lipinski definition) is 0. The van der Waals surface area contributed by atoms with Crippen LogP contribution in [0.2, 0.25) is 0 Å². The summed E-state index contributed by atoms with van der Waals surface area (Å²) in [6.07, 6.45) is 0. The van der Waals surface area contributed by atoms with Crippen LogP contribution in [0, 0.1) is 6.92 Å². The van der Waals surface area contributed by atoms with Crippen molar-refractivity contribution in [2.24, 2.45) is 0 Å². The molecule has 3 rings (SSSR count). The summed E-state index contributed by atoms with van der Waals surface area (Å²) in [6.45, 7) is 2.19. The van der Waals surface area contributed by atoms with Crippen molar-refractivity contribution in [1.82, 2.24) is 0 Å². The Morgan fingerprint density at radius 1 is 0.783 bits per heavy atom. The first-order valence-corrected chi connectivity index (χ1v) is 7.61. The molecule has 0 spiro atoms. The van der Waals surface area contributed by atoms with Crippen molar-refractivity contribution in [1.29, 1.82) is 0 Å². The molecule has 114 valence electrons. The van der Waals surface area contributed by atoms with Gasteiger partial charge in [-0.1, -0.05) is 72.8 Å². The van der Waals surface area contributed by atoms with Gasteiger partial charge >= 0.3 is 5.97 Å². The van der Waals surface area contributed by atoms with E-state index in [0.717, 1.165) is 16.7 Å². The van der Waals surface area contributed by atoms with E-state index in [1.165, 1.54) is 5.56 Å². The van der Waals surface area contributed by atoms with E-state index in [-0.39, 0.29) is 12.6 Å². The Kier molecular flexibility index (Phi) is 4.53. The van der Waals surface area contributed by atoms with E-state index in [0.29, 0.717) is 5.56 Å². The zero-order valence-corrected chi connectivity index (χ0v) is 13.0. The molecule has 0 aliphatic rings. The number of benzene rings is 3. The summed E-state index contributed by atoms with van der Waals surface area (Å²) < 4.78 is 5.40. The second-order valence-corrected chi connectivity index (χ2v) is 5.45. The highest BCUT2D eigenvalue weighted by atomic mass is 16.5. The van der Waals surface area contributed by atoms with Crippen LogP contribution in [0.4, 0.5) is 0 Å². The maximum absolute atomic E-state index is 12.1. The molecule has 0 aliphatic carbocycles. The second-order valence-electron chi connectivity index (χ2n) is 5.45. The van der Waals surface area contributed by atoms with Gasteiger partial charge in [-0.25, -0.2) is 4.79 Å². The Hall–Kier alpha value is -2.87. The number of carbonyl (C=O) groups is 1. The molecule has 0 heterocycles. The van der Waals surface area contributed by atoms with Crippen molar-refractivity contribution in [3.8, 4) is 11.1 Å². The predicted octanol–water partition coefficient (Wildman–Crippen LogP) is 5.02. The summed E-state index contributed by atoms with van der Waals surface area (Å²) in [5.74, 6) is -0.282. The first-order chi connectivity index (χ1) is 11.2. The molecule has 3 aromatic carbocycles. The van der Waals surface area contributed by atoms with Gasteiger partial charge < -0.3 is 4.74 Å². The molecule has 0 saturated carbocycles. The zero-order chi connectivity index (χ0) is 16.1. The van der Waals surface area contributed by atoms with E-state index in [9.17, 15) is 4.79 Å². The lowest BCUT2D eigenvalue weighted by Gasteiger charge is -2.08. The average molecular weight is 302 g/mol. The number of ether oxygens (including phenoxy) is 1. The number of aryl methyl sites for hydroxylation is 1. The third-order valence-electron chi connectivity index (χ3n) is 3.80. The molecule has 0 saturated heterocycles. The Morgan fingerprint density at radius 3 is 2.09 bits per heavy atom. The lowest BCUT2D eigenvalue weighted by Crippen LogP contribution is -2.06. The van der Waals surface area contributed by atoms with Crippen LogP contribution in [0.3, 0.4) is 0 Å². The molecule has 2 heteroatoms. The fourth-order valence-corrected chi connectivity index (χ4v) is 2.45. The molecule has 0 N–H and O–H groups in total. The van der Waals surface area contributed by atoms with E-state index >= 15 is 0 Å². The molecule has 0 unspecified atom stereocenters. The fraction of sp³-hybridized carbons (Fsp3) is 0.0952. The maximum atomic E-state index is 12.1. The van der Waals surface area contributed by atoms with Gasteiger partial charge in [-0.3, -0.25) is 0 Å². The Balaban J connectivity index is 1.65. The summed E-state index contributed by atoms with van der Waals surface area (Å²) in [6, 6.07) is 25.7. The van der Waals surface area contributed by atoms with E-state index in [2.05, 4.69) is 12.1 Å². The zero-order valence-electron chi connectivity index (χ0n) is 13.0. The van der Waals surface area contributed by atoms with Crippen molar-refractivity contribution < 1.29 is 9.53 Å². The summed E-state index contributed by atoms with van der Waals surface area (Å²) in [4.78, 5) is 12.1. The highest BCUT2D eigenvalue weighted by Gasteiger charge is 2.09. The lowest BCUT2D eigenvalue weighted by molar-refractivity contribution is 0.0472. The highest BCUT2D eigenvalue weighted by molar-refractivity contribution is 5.90. The molecule has 0 amide bonds. The summed E-state index contributed by atoms with van der Waals surface area (Å²) in [7, 11) is 0. The third-order valence-corrected chi connectivity index (χ3v) is 3.80. The largest absolute Gasteiger partial charge is 0.457 e. The first kappa shape index (κ1) is 15.0.